The average Bonchev–Trinajstić information content (AvgIpc) is 2.35. The lowest BCUT2D eigenvalue weighted by Gasteiger charge is -2.02. The third-order valence-electron chi connectivity index (χ3n) is 1.09. The first kappa shape index (κ1) is 8.01. The van der Waals surface area contributed by atoms with E-state index in [4.69, 9.17) is 10.2 Å². The van der Waals surface area contributed by atoms with Crippen molar-refractivity contribution in [3.63, 3.8) is 0 Å². The van der Waals surface area contributed by atoms with Gasteiger partial charge in [0, 0.05) is 18.1 Å². The van der Waals surface area contributed by atoms with Gasteiger partial charge in [-0.3, -0.25) is 0 Å². The van der Waals surface area contributed by atoms with Gasteiger partial charge in [0.2, 0.25) is 11.8 Å². The Morgan fingerprint density at radius 1 is 1.50 bits per heavy atom. The SMILES string of the molecule is C#CC(=O)On1c(O)ccc1O. The van der Waals surface area contributed by atoms with Crippen LogP contribution < -0.4 is 4.84 Å². The molecule has 1 aromatic rings. The van der Waals surface area contributed by atoms with Gasteiger partial charge in [-0.05, 0) is 0 Å². The van der Waals surface area contributed by atoms with Crippen LogP contribution in [0.1, 0.15) is 0 Å². The molecule has 0 saturated heterocycles. The lowest BCUT2D eigenvalue weighted by atomic mass is 10.6. The van der Waals surface area contributed by atoms with E-state index in [1.165, 1.54) is 0 Å². The molecule has 0 radical (unpaired) electrons. The summed E-state index contributed by atoms with van der Waals surface area (Å²) in [5.74, 6) is -0.162. The number of rotatable bonds is 1. The molecule has 0 aliphatic carbocycles. The summed E-state index contributed by atoms with van der Waals surface area (Å²) in [5, 5.41) is 17.9. The van der Waals surface area contributed by atoms with Gasteiger partial charge in [-0.15, -0.1) is 11.2 Å². The molecule has 62 valence electrons. The van der Waals surface area contributed by atoms with Crippen molar-refractivity contribution in [3.8, 4) is 24.1 Å². The second-order valence-corrected chi connectivity index (χ2v) is 1.87. The molecule has 1 rings (SSSR count). The smallest absolute Gasteiger partial charge is 0.408 e. The molecule has 1 aromatic heterocycles. The molecule has 0 aliphatic rings. The van der Waals surface area contributed by atoms with Crippen molar-refractivity contribution in [1.29, 1.82) is 0 Å². The van der Waals surface area contributed by atoms with E-state index in [2.05, 4.69) is 11.3 Å². The van der Waals surface area contributed by atoms with E-state index >= 15 is 0 Å². The summed E-state index contributed by atoms with van der Waals surface area (Å²) in [6.07, 6.45) is 4.69. The summed E-state index contributed by atoms with van der Waals surface area (Å²) >= 11 is 0. The van der Waals surface area contributed by atoms with E-state index in [1.54, 1.807) is 5.92 Å². The van der Waals surface area contributed by atoms with Crippen LogP contribution in [-0.4, -0.2) is 20.9 Å². The Hall–Kier alpha value is -2.09. The second kappa shape index (κ2) is 2.88. The largest absolute Gasteiger partial charge is 0.492 e. The summed E-state index contributed by atoms with van der Waals surface area (Å²) in [4.78, 5) is 14.8. The highest BCUT2D eigenvalue weighted by Crippen LogP contribution is 2.18. The molecule has 0 aliphatic heterocycles. The Bertz CT molecular complexity index is 327. The van der Waals surface area contributed by atoms with Crippen LogP contribution in [0.5, 0.6) is 11.8 Å². The second-order valence-electron chi connectivity index (χ2n) is 1.87. The van der Waals surface area contributed by atoms with Crippen LogP contribution in [0.15, 0.2) is 12.1 Å². The normalized spacial score (nSPS) is 8.92. The monoisotopic (exact) mass is 167 g/mol. The van der Waals surface area contributed by atoms with E-state index < -0.39 is 17.7 Å². The molecule has 0 saturated carbocycles. The van der Waals surface area contributed by atoms with Crippen molar-refractivity contribution in [2.24, 2.45) is 0 Å². The van der Waals surface area contributed by atoms with Gasteiger partial charge >= 0.3 is 5.97 Å². The van der Waals surface area contributed by atoms with E-state index in [1.807, 2.05) is 0 Å². The maximum atomic E-state index is 10.5. The number of aromatic hydroxyl groups is 2. The summed E-state index contributed by atoms with van der Waals surface area (Å²) in [6.45, 7) is 0. The van der Waals surface area contributed by atoms with Crippen LogP contribution in [0, 0.1) is 12.3 Å². The highest BCUT2D eigenvalue weighted by Gasteiger charge is 2.09. The zero-order valence-electron chi connectivity index (χ0n) is 5.89. The van der Waals surface area contributed by atoms with E-state index in [-0.39, 0.29) is 0 Å². The highest BCUT2D eigenvalue weighted by molar-refractivity contribution is 5.87. The van der Waals surface area contributed by atoms with Crippen LogP contribution in [0.3, 0.4) is 0 Å². The van der Waals surface area contributed by atoms with E-state index in [0.717, 1.165) is 12.1 Å². The fourth-order valence-corrected chi connectivity index (χ4v) is 0.605. The van der Waals surface area contributed by atoms with Gasteiger partial charge in [0.1, 0.15) is 0 Å². The Morgan fingerprint density at radius 3 is 2.42 bits per heavy atom. The molecular weight excluding hydrogens is 162 g/mol. The van der Waals surface area contributed by atoms with Gasteiger partial charge in [-0.2, -0.15) is 0 Å². The van der Waals surface area contributed by atoms with Gasteiger partial charge in [0.25, 0.3) is 0 Å². The lowest BCUT2D eigenvalue weighted by molar-refractivity contribution is -0.138. The molecule has 0 bridgehead atoms. The number of carbonyl (C=O) groups is 1. The standard InChI is InChI=1S/C7H5NO4/c1-2-7(11)12-8-5(9)3-4-6(8)10/h1,3-4,9-10H. The minimum absolute atomic E-state index is 0.406. The molecule has 0 spiro atoms. The predicted molar refractivity (Wildman–Crippen MR) is 38.2 cm³/mol. The summed E-state index contributed by atoms with van der Waals surface area (Å²) in [7, 11) is 0. The zero-order valence-corrected chi connectivity index (χ0v) is 5.89. The number of hydrogen-bond donors (Lipinski definition) is 2. The minimum atomic E-state index is -1.00. The fourth-order valence-electron chi connectivity index (χ4n) is 0.605. The summed E-state index contributed by atoms with van der Waals surface area (Å²) < 4.78 is 0.516. The number of nitrogens with zero attached hydrogens (tertiary/aromatic N) is 1. The molecule has 0 unspecified atom stereocenters. The Balaban J connectivity index is 2.90. The molecule has 0 amide bonds. The number of aromatic nitrogens is 1. The Morgan fingerprint density at radius 2 is 2.00 bits per heavy atom. The van der Waals surface area contributed by atoms with Crippen molar-refractivity contribution in [2.75, 3.05) is 0 Å². The van der Waals surface area contributed by atoms with Crippen LogP contribution in [0.4, 0.5) is 0 Å². The van der Waals surface area contributed by atoms with Crippen LogP contribution in [-0.2, 0) is 4.79 Å². The van der Waals surface area contributed by atoms with Crippen molar-refractivity contribution >= 4 is 5.97 Å². The molecule has 0 fully saturated rings. The molecule has 5 heteroatoms. The number of carbonyl (C=O) groups excluding carboxylic acids is 1. The fraction of sp³-hybridized carbons (Fsp3) is 0. The van der Waals surface area contributed by atoms with Crippen LogP contribution in [0.2, 0.25) is 0 Å². The Labute approximate surface area is 67.8 Å². The van der Waals surface area contributed by atoms with Crippen LogP contribution in [0.25, 0.3) is 0 Å². The topological polar surface area (TPSA) is 71.7 Å². The maximum Gasteiger partial charge on any atom is 0.408 e. The van der Waals surface area contributed by atoms with Gasteiger partial charge in [-0.25, -0.2) is 4.79 Å². The predicted octanol–water partition coefficient (Wildman–Crippen LogP) is -0.512. The van der Waals surface area contributed by atoms with E-state index in [0.29, 0.717) is 4.73 Å². The van der Waals surface area contributed by atoms with Crippen molar-refractivity contribution in [1.82, 2.24) is 4.73 Å². The summed E-state index contributed by atoms with van der Waals surface area (Å²) in [5.41, 5.74) is 0. The molecular formula is C7H5NO4. The maximum absolute atomic E-state index is 10.5. The third-order valence-corrected chi connectivity index (χ3v) is 1.09. The first-order valence-corrected chi connectivity index (χ1v) is 2.93. The van der Waals surface area contributed by atoms with Crippen molar-refractivity contribution in [3.05, 3.63) is 12.1 Å². The highest BCUT2D eigenvalue weighted by atomic mass is 16.7. The summed E-state index contributed by atoms with van der Waals surface area (Å²) in [6, 6.07) is 2.30. The van der Waals surface area contributed by atoms with Gasteiger partial charge in [0.05, 0.1) is 0 Å². The third kappa shape index (κ3) is 1.32. The molecule has 12 heavy (non-hydrogen) atoms. The van der Waals surface area contributed by atoms with E-state index in [9.17, 15) is 4.79 Å². The van der Waals surface area contributed by atoms with Crippen molar-refractivity contribution in [2.45, 2.75) is 0 Å². The Kier molecular flexibility index (Phi) is 1.92. The molecule has 1 heterocycles. The first-order valence-electron chi connectivity index (χ1n) is 2.93. The van der Waals surface area contributed by atoms with Gasteiger partial charge < -0.3 is 15.1 Å². The number of hydrogen-bond acceptors (Lipinski definition) is 4. The molecule has 0 aromatic carbocycles. The lowest BCUT2D eigenvalue weighted by Crippen LogP contribution is -2.16. The quantitative estimate of drug-likeness (QED) is 0.552. The van der Waals surface area contributed by atoms with Crippen LogP contribution >= 0.6 is 0 Å². The van der Waals surface area contributed by atoms with Crippen molar-refractivity contribution < 1.29 is 19.8 Å². The number of terminal acetylenes is 1. The zero-order chi connectivity index (χ0) is 9.14. The van der Waals surface area contributed by atoms with Gasteiger partial charge in [-0.1, -0.05) is 0 Å². The molecule has 2 N–H and O–H groups in total. The first-order chi connectivity index (χ1) is 5.65. The molecule has 5 nitrogen and oxygen atoms in total. The average molecular weight is 167 g/mol. The molecule has 0 atom stereocenters. The minimum Gasteiger partial charge on any atom is -0.492 e. The van der Waals surface area contributed by atoms with Gasteiger partial charge in [0.15, 0.2) is 0 Å².